The van der Waals surface area contributed by atoms with Gasteiger partial charge in [-0.3, -0.25) is 0 Å². The molecule has 2 aliphatic heterocycles. The van der Waals surface area contributed by atoms with Crippen LogP contribution in [0.15, 0.2) is 0 Å². The molecule has 0 bridgehead atoms. The number of nitrogens with one attached hydrogen (secondary N) is 3. The molecular formula is C19H38N4O. The molecule has 1 saturated carbocycles. The highest BCUT2D eigenvalue weighted by Crippen LogP contribution is 2.19. The highest BCUT2D eigenvalue weighted by molar-refractivity contribution is 5.74. The van der Waals surface area contributed by atoms with Gasteiger partial charge in [-0.1, -0.05) is 32.1 Å². The van der Waals surface area contributed by atoms with E-state index in [9.17, 15) is 4.79 Å². The summed E-state index contributed by atoms with van der Waals surface area (Å²) in [6.45, 7) is 4.59. The van der Waals surface area contributed by atoms with Crippen molar-refractivity contribution in [2.24, 2.45) is 0 Å². The Morgan fingerprint density at radius 2 is 1.33 bits per heavy atom. The number of carbonyl (C=O) groups excluding carboxylic acids is 1. The summed E-state index contributed by atoms with van der Waals surface area (Å²) in [6.07, 6.45) is 13.6. The quantitative estimate of drug-likeness (QED) is 0.742. The van der Waals surface area contributed by atoms with Gasteiger partial charge in [0.25, 0.3) is 0 Å². The van der Waals surface area contributed by atoms with E-state index in [1.54, 1.807) is 0 Å². The Bertz CT molecular complexity index is 374. The molecule has 2 saturated heterocycles. The Morgan fingerprint density at radius 1 is 0.792 bits per heavy atom. The van der Waals surface area contributed by atoms with E-state index in [2.05, 4.69) is 20.9 Å². The van der Waals surface area contributed by atoms with Gasteiger partial charge < -0.3 is 20.9 Å². The summed E-state index contributed by atoms with van der Waals surface area (Å²) < 4.78 is 0. The molecule has 5 heteroatoms. The van der Waals surface area contributed by atoms with E-state index in [4.69, 9.17) is 0 Å². The number of hydrogen-bond donors (Lipinski definition) is 3. The predicted molar refractivity (Wildman–Crippen MR) is 100 cm³/mol. The average Bonchev–Trinajstić information content (AvgIpc) is 2.59. The number of hydrogen-bond acceptors (Lipinski definition) is 3. The molecule has 0 radical (unpaired) electrons. The molecule has 3 fully saturated rings. The number of amides is 2. The van der Waals surface area contributed by atoms with Crippen LogP contribution < -0.4 is 16.0 Å². The van der Waals surface area contributed by atoms with Crippen LogP contribution in [0.3, 0.4) is 0 Å². The van der Waals surface area contributed by atoms with Crippen molar-refractivity contribution in [3.63, 3.8) is 0 Å². The number of nitrogens with zero attached hydrogens (tertiary/aromatic N) is 1. The fourth-order valence-electron chi connectivity index (χ4n) is 4.59. The molecule has 0 aromatic heterocycles. The van der Waals surface area contributed by atoms with Gasteiger partial charge in [0.2, 0.25) is 0 Å². The van der Waals surface area contributed by atoms with Crippen LogP contribution >= 0.6 is 0 Å². The normalized spacial score (nSPS) is 26.5. The van der Waals surface area contributed by atoms with Crippen molar-refractivity contribution in [2.45, 2.75) is 88.8 Å². The summed E-state index contributed by atoms with van der Waals surface area (Å²) in [5.41, 5.74) is 0. The first-order valence-corrected chi connectivity index (χ1v) is 10.3. The number of carbonyl (C=O) groups is 1. The summed E-state index contributed by atoms with van der Waals surface area (Å²) in [5, 5.41) is 9.92. The van der Waals surface area contributed by atoms with E-state index < -0.39 is 0 Å². The molecule has 0 unspecified atom stereocenters. The maximum absolute atomic E-state index is 12.3. The second kappa shape index (κ2) is 9.62. The van der Waals surface area contributed by atoms with Gasteiger partial charge in [0, 0.05) is 32.6 Å². The maximum atomic E-state index is 12.3. The van der Waals surface area contributed by atoms with Crippen LogP contribution in [-0.2, 0) is 0 Å². The minimum absolute atomic E-state index is 0. The fourth-order valence-corrected chi connectivity index (χ4v) is 4.59. The third kappa shape index (κ3) is 5.62. The standard InChI is InChI=1S/C19H36N4O.H2/c24-19(21-16-6-4-2-1-3-5-7-16)22-17-10-14-23(15-11-17)18-8-12-20-13-9-18;/h16-18,20H,1-15H2,(H2,21,22,24);1H. The molecular weight excluding hydrogens is 300 g/mol. The van der Waals surface area contributed by atoms with Crippen LogP contribution in [0.4, 0.5) is 4.79 Å². The molecule has 2 heterocycles. The van der Waals surface area contributed by atoms with Crippen molar-refractivity contribution < 1.29 is 6.22 Å². The lowest BCUT2D eigenvalue weighted by atomic mass is 9.97. The topological polar surface area (TPSA) is 56.4 Å². The first-order chi connectivity index (χ1) is 11.8. The van der Waals surface area contributed by atoms with Crippen LogP contribution in [0.5, 0.6) is 0 Å². The molecule has 3 N–H and O–H groups in total. The van der Waals surface area contributed by atoms with E-state index in [-0.39, 0.29) is 7.46 Å². The predicted octanol–water partition coefficient (Wildman–Crippen LogP) is 2.86. The average molecular weight is 339 g/mol. The van der Waals surface area contributed by atoms with Crippen LogP contribution in [0, 0.1) is 0 Å². The molecule has 140 valence electrons. The SMILES string of the molecule is O=C(NC1CCCCCCC1)NC1CCN(C2CCNCC2)CC1.[HH]. The smallest absolute Gasteiger partial charge is 0.315 e. The molecule has 0 aromatic rings. The van der Waals surface area contributed by atoms with E-state index in [0.29, 0.717) is 12.1 Å². The minimum atomic E-state index is 0. The Balaban J connectivity index is 0.00000225. The Morgan fingerprint density at radius 3 is 1.96 bits per heavy atom. The van der Waals surface area contributed by atoms with Crippen LogP contribution in [0.2, 0.25) is 0 Å². The number of rotatable bonds is 3. The van der Waals surface area contributed by atoms with Gasteiger partial charge in [0.05, 0.1) is 0 Å². The third-order valence-electron chi connectivity index (χ3n) is 6.13. The zero-order valence-electron chi connectivity index (χ0n) is 15.2. The number of piperidine rings is 2. The zero-order chi connectivity index (χ0) is 16.6. The lowest BCUT2D eigenvalue weighted by Gasteiger charge is -2.39. The lowest BCUT2D eigenvalue weighted by Crippen LogP contribution is -2.52. The summed E-state index contributed by atoms with van der Waals surface area (Å²) in [7, 11) is 0. The van der Waals surface area contributed by atoms with E-state index in [1.807, 2.05) is 0 Å². The Hall–Kier alpha value is -0.810. The fraction of sp³-hybridized carbons (Fsp3) is 0.947. The van der Waals surface area contributed by atoms with E-state index >= 15 is 0 Å². The van der Waals surface area contributed by atoms with Crippen molar-refractivity contribution >= 4 is 6.03 Å². The van der Waals surface area contributed by atoms with Gasteiger partial charge in [-0.2, -0.15) is 0 Å². The van der Waals surface area contributed by atoms with Crippen LogP contribution in [0.1, 0.15) is 72.1 Å². The van der Waals surface area contributed by atoms with Crippen molar-refractivity contribution in [2.75, 3.05) is 26.2 Å². The lowest BCUT2D eigenvalue weighted by molar-refractivity contribution is 0.121. The molecule has 0 atom stereocenters. The van der Waals surface area contributed by atoms with E-state index in [0.717, 1.165) is 57.9 Å². The highest BCUT2D eigenvalue weighted by atomic mass is 16.2. The van der Waals surface area contributed by atoms with Crippen molar-refractivity contribution in [3.05, 3.63) is 0 Å². The molecule has 24 heavy (non-hydrogen) atoms. The maximum Gasteiger partial charge on any atom is 0.315 e. The van der Waals surface area contributed by atoms with Gasteiger partial charge >= 0.3 is 6.03 Å². The molecule has 3 aliphatic rings. The summed E-state index contributed by atoms with van der Waals surface area (Å²) in [4.78, 5) is 15.0. The summed E-state index contributed by atoms with van der Waals surface area (Å²) in [6, 6.07) is 1.58. The molecule has 3 rings (SSSR count). The molecule has 1 aliphatic carbocycles. The molecule has 0 aromatic carbocycles. The summed E-state index contributed by atoms with van der Waals surface area (Å²) >= 11 is 0. The monoisotopic (exact) mass is 338 g/mol. The molecule has 0 spiro atoms. The first kappa shape index (κ1) is 18.0. The van der Waals surface area contributed by atoms with Crippen molar-refractivity contribution in [3.8, 4) is 0 Å². The highest BCUT2D eigenvalue weighted by Gasteiger charge is 2.27. The van der Waals surface area contributed by atoms with Crippen molar-refractivity contribution in [1.82, 2.24) is 20.9 Å². The van der Waals surface area contributed by atoms with Crippen LogP contribution in [0.25, 0.3) is 0 Å². The largest absolute Gasteiger partial charge is 0.335 e. The van der Waals surface area contributed by atoms with Gasteiger partial charge in [0.1, 0.15) is 0 Å². The second-order valence-electron chi connectivity index (χ2n) is 7.95. The van der Waals surface area contributed by atoms with Gasteiger partial charge in [-0.15, -0.1) is 0 Å². The zero-order valence-corrected chi connectivity index (χ0v) is 15.2. The minimum Gasteiger partial charge on any atom is -0.335 e. The van der Waals surface area contributed by atoms with Gasteiger partial charge in [-0.05, 0) is 51.6 Å². The van der Waals surface area contributed by atoms with Gasteiger partial charge in [-0.25, -0.2) is 4.79 Å². The first-order valence-electron chi connectivity index (χ1n) is 10.3. The molecule has 5 nitrogen and oxygen atoms in total. The van der Waals surface area contributed by atoms with Crippen LogP contribution in [-0.4, -0.2) is 55.2 Å². The van der Waals surface area contributed by atoms with Gasteiger partial charge in [0.15, 0.2) is 0 Å². The number of urea groups is 1. The Kier molecular flexibility index (Phi) is 7.21. The number of likely N-dealkylation sites (tertiary alicyclic amines) is 1. The Labute approximate surface area is 148 Å². The third-order valence-corrected chi connectivity index (χ3v) is 6.13. The van der Waals surface area contributed by atoms with E-state index in [1.165, 1.54) is 44.9 Å². The molecule has 2 amide bonds. The van der Waals surface area contributed by atoms with Crippen molar-refractivity contribution in [1.29, 1.82) is 0 Å². The second-order valence-corrected chi connectivity index (χ2v) is 7.95. The summed E-state index contributed by atoms with van der Waals surface area (Å²) in [5.74, 6) is 0.